The maximum absolute atomic E-state index is 14.1. The Balaban J connectivity index is 1.63. The minimum Gasteiger partial charge on any atom is -0.478 e. The third kappa shape index (κ3) is 6.97. The number of carbonyl (C=O) groups excluding carboxylic acids is 3. The van der Waals surface area contributed by atoms with Crippen molar-refractivity contribution in [2.45, 2.75) is 38.1 Å². The Morgan fingerprint density at radius 2 is 1.71 bits per heavy atom. The van der Waals surface area contributed by atoms with Gasteiger partial charge in [0.05, 0.1) is 13.2 Å². The molecule has 13 nitrogen and oxygen atoms in total. The summed E-state index contributed by atoms with van der Waals surface area (Å²) >= 11 is 0. The fraction of sp³-hybridized carbons (Fsp3) is 0.407. The predicted octanol–water partition coefficient (Wildman–Crippen LogP) is 4.63. The zero-order chi connectivity index (χ0) is 30.2. The number of ether oxygens (including phenoxy) is 2. The van der Waals surface area contributed by atoms with E-state index in [1.165, 1.54) is 41.1 Å². The SMILES string of the molecule is CN(/N=N\N(C=O)C(=O)N(c1ccc(OC(=O)N2CCOCC2)c(C(=O)O)c1)C1CCCCC1)c1c(F)cccc1F. The van der Waals surface area contributed by atoms with Crippen molar-refractivity contribution in [3.63, 3.8) is 0 Å². The van der Waals surface area contributed by atoms with Gasteiger partial charge in [0.15, 0.2) is 11.6 Å². The molecule has 224 valence electrons. The number of hydrogen-bond acceptors (Lipinski definition) is 8. The smallest absolute Gasteiger partial charge is 0.415 e. The van der Waals surface area contributed by atoms with Crippen molar-refractivity contribution in [3.05, 3.63) is 53.6 Å². The Kier molecular flexibility index (Phi) is 9.96. The summed E-state index contributed by atoms with van der Waals surface area (Å²) in [5, 5.41) is 18.2. The fourth-order valence-electron chi connectivity index (χ4n) is 4.81. The lowest BCUT2D eigenvalue weighted by atomic mass is 9.93. The van der Waals surface area contributed by atoms with Gasteiger partial charge in [-0.15, -0.1) is 5.01 Å². The molecule has 2 aromatic carbocycles. The van der Waals surface area contributed by atoms with Gasteiger partial charge in [0, 0.05) is 31.9 Å². The summed E-state index contributed by atoms with van der Waals surface area (Å²) in [6.07, 6.45) is 2.98. The number of carbonyl (C=O) groups is 4. The maximum Gasteiger partial charge on any atom is 0.415 e. The number of carboxylic acid groups (broad SMARTS) is 1. The molecule has 4 rings (SSSR count). The Bertz CT molecular complexity index is 1330. The predicted molar refractivity (Wildman–Crippen MR) is 144 cm³/mol. The number of urea groups is 1. The Hall–Kier alpha value is -4.66. The van der Waals surface area contributed by atoms with Gasteiger partial charge in [0.2, 0.25) is 6.41 Å². The molecule has 1 N–H and O–H groups in total. The Morgan fingerprint density at radius 1 is 1.05 bits per heavy atom. The summed E-state index contributed by atoms with van der Waals surface area (Å²) in [7, 11) is 1.19. The first-order valence-corrected chi connectivity index (χ1v) is 13.3. The van der Waals surface area contributed by atoms with Crippen molar-refractivity contribution in [2.24, 2.45) is 10.4 Å². The average Bonchev–Trinajstić information content (AvgIpc) is 2.99. The number of amides is 4. The van der Waals surface area contributed by atoms with Crippen LogP contribution in [0.3, 0.4) is 0 Å². The van der Waals surface area contributed by atoms with Gasteiger partial charge in [-0.05, 0) is 53.6 Å². The first-order chi connectivity index (χ1) is 20.2. The van der Waals surface area contributed by atoms with Gasteiger partial charge in [-0.2, -0.15) is 0 Å². The minimum absolute atomic E-state index is 0.0871. The molecule has 1 saturated heterocycles. The lowest BCUT2D eigenvalue weighted by Gasteiger charge is -2.35. The molecule has 0 bridgehead atoms. The summed E-state index contributed by atoms with van der Waals surface area (Å²) in [5.41, 5.74) is -0.806. The number of imide groups is 1. The van der Waals surface area contributed by atoms with Crippen LogP contribution < -0.4 is 14.6 Å². The monoisotopic (exact) mass is 588 g/mol. The van der Waals surface area contributed by atoms with Gasteiger partial charge in [-0.3, -0.25) is 9.69 Å². The van der Waals surface area contributed by atoms with Crippen molar-refractivity contribution in [2.75, 3.05) is 43.3 Å². The van der Waals surface area contributed by atoms with Crippen LogP contribution in [0, 0.1) is 11.6 Å². The largest absolute Gasteiger partial charge is 0.478 e. The maximum atomic E-state index is 14.1. The highest BCUT2D eigenvalue weighted by Crippen LogP contribution is 2.32. The average molecular weight is 589 g/mol. The van der Waals surface area contributed by atoms with Crippen molar-refractivity contribution >= 4 is 35.9 Å². The van der Waals surface area contributed by atoms with Gasteiger partial charge in [-0.1, -0.05) is 25.3 Å². The van der Waals surface area contributed by atoms with E-state index in [9.17, 15) is 33.1 Å². The normalized spacial score (nSPS) is 15.7. The van der Waals surface area contributed by atoms with Crippen LogP contribution in [0.4, 0.5) is 29.7 Å². The molecular formula is C27H30F2N6O7. The van der Waals surface area contributed by atoms with Crippen molar-refractivity contribution in [1.82, 2.24) is 9.91 Å². The molecule has 1 heterocycles. The number of benzene rings is 2. The van der Waals surface area contributed by atoms with Crippen LogP contribution in [0.25, 0.3) is 0 Å². The third-order valence-electron chi connectivity index (χ3n) is 6.91. The van der Waals surface area contributed by atoms with Gasteiger partial charge in [0.1, 0.15) is 17.0 Å². The molecule has 1 aliphatic carbocycles. The summed E-state index contributed by atoms with van der Waals surface area (Å²) in [4.78, 5) is 53.0. The van der Waals surface area contributed by atoms with E-state index < -0.39 is 41.5 Å². The zero-order valence-corrected chi connectivity index (χ0v) is 22.8. The quantitative estimate of drug-likeness (QED) is 0.267. The second kappa shape index (κ2) is 13.8. The number of nitrogens with zero attached hydrogens (tertiary/aromatic N) is 6. The highest BCUT2D eigenvalue weighted by molar-refractivity contribution is 6.00. The van der Waals surface area contributed by atoms with Gasteiger partial charge in [-0.25, -0.2) is 28.2 Å². The summed E-state index contributed by atoms with van der Waals surface area (Å²) < 4.78 is 38.9. The zero-order valence-electron chi connectivity index (χ0n) is 22.8. The summed E-state index contributed by atoms with van der Waals surface area (Å²) in [6.45, 7) is 1.23. The van der Waals surface area contributed by atoms with Crippen molar-refractivity contribution < 1.29 is 42.5 Å². The molecule has 2 aromatic rings. The van der Waals surface area contributed by atoms with Crippen LogP contribution in [-0.2, 0) is 9.53 Å². The molecule has 15 heteroatoms. The minimum atomic E-state index is -1.40. The van der Waals surface area contributed by atoms with E-state index in [4.69, 9.17) is 9.47 Å². The fourth-order valence-corrected chi connectivity index (χ4v) is 4.81. The first kappa shape index (κ1) is 30.3. The lowest BCUT2D eigenvalue weighted by molar-refractivity contribution is -0.115. The van der Waals surface area contributed by atoms with Crippen LogP contribution in [0.15, 0.2) is 46.8 Å². The van der Waals surface area contributed by atoms with E-state index in [0.717, 1.165) is 36.4 Å². The van der Waals surface area contributed by atoms with Crippen LogP contribution in [0.1, 0.15) is 42.5 Å². The number of anilines is 2. The highest BCUT2D eigenvalue weighted by Gasteiger charge is 2.32. The Labute approximate surface area is 239 Å². The molecule has 1 saturated carbocycles. The van der Waals surface area contributed by atoms with E-state index in [2.05, 4.69) is 10.4 Å². The molecule has 0 unspecified atom stereocenters. The molecule has 0 radical (unpaired) electrons. The molecule has 4 amide bonds. The summed E-state index contributed by atoms with van der Waals surface area (Å²) in [6, 6.07) is 5.66. The van der Waals surface area contributed by atoms with Gasteiger partial charge < -0.3 is 19.5 Å². The van der Waals surface area contributed by atoms with Crippen LogP contribution >= 0.6 is 0 Å². The topological polar surface area (TPSA) is 145 Å². The van der Waals surface area contributed by atoms with E-state index in [0.29, 0.717) is 31.1 Å². The molecule has 2 aliphatic rings. The second-order valence-corrected chi connectivity index (χ2v) is 9.62. The number of para-hydroxylation sites is 1. The third-order valence-corrected chi connectivity index (χ3v) is 6.91. The van der Waals surface area contributed by atoms with Crippen molar-refractivity contribution in [3.8, 4) is 5.75 Å². The second-order valence-electron chi connectivity index (χ2n) is 9.62. The Morgan fingerprint density at radius 3 is 2.33 bits per heavy atom. The molecular weight excluding hydrogens is 558 g/mol. The lowest BCUT2D eigenvalue weighted by Crippen LogP contribution is -2.47. The molecule has 2 fully saturated rings. The van der Waals surface area contributed by atoms with Gasteiger partial charge >= 0.3 is 18.1 Å². The number of rotatable bonds is 8. The molecule has 0 aromatic heterocycles. The standard InChI is InChI=1S/C27H30F2N6O7/c1-32(24-21(28)8-5-9-22(24)29)30-31-34(17-36)26(39)35(18-6-3-2-4-7-18)19-10-11-23(20(16-19)25(37)38)42-27(40)33-12-14-41-15-13-33/h5,8-11,16-18H,2-4,6-7,12-15H2,1H3,(H,37,38)/b31-30-. The van der Waals surface area contributed by atoms with Crippen LogP contribution in [-0.4, -0.2) is 78.9 Å². The molecule has 0 atom stereocenters. The number of hydrogen-bond donors (Lipinski definition) is 1. The number of aromatic carboxylic acids is 1. The number of morpholine rings is 1. The van der Waals surface area contributed by atoms with Gasteiger partial charge in [0.25, 0.3) is 0 Å². The van der Waals surface area contributed by atoms with E-state index in [-0.39, 0.29) is 36.5 Å². The highest BCUT2D eigenvalue weighted by atomic mass is 19.1. The van der Waals surface area contributed by atoms with E-state index in [1.807, 2.05) is 0 Å². The van der Waals surface area contributed by atoms with E-state index >= 15 is 0 Å². The van der Waals surface area contributed by atoms with Crippen LogP contribution in [0.5, 0.6) is 5.75 Å². The molecule has 0 spiro atoms. The molecule has 42 heavy (non-hydrogen) atoms. The molecule has 1 aliphatic heterocycles. The first-order valence-electron chi connectivity index (χ1n) is 13.3. The van der Waals surface area contributed by atoms with Crippen LogP contribution in [0.2, 0.25) is 0 Å². The number of carboxylic acids is 1. The van der Waals surface area contributed by atoms with Crippen molar-refractivity contribution in [1.29, 1.82) is 0 Å². The number of halogens is 2. The van der Waals surface area contributed by atoms with E-state index in [1.54, 1.807) is 0 Å². The summed E-state index contributed by atoms with van der Waals surface area (Å²) in [5.74, 6) is -3.49.